The molecule has 3 rings (SSSR count). The maximum absolute atomic E-state index is 13.4. The van der Waals surface area contributed by atoms with Crippen molar-refractivity contribution < 1.29 is 23.1 Å². The zero-order valence-electron chi connectivity index (χ0n) is 11.2. The van der Waals surface area contributed by atoms with Crippen LogP contribution >= 0.6 is 0 Å². The molecule has 1 saturated carbocycles. The number of aliphatic hydroxyl groups is 1. The molecule has 1 aromatic rings. The van der Waals surface area contributed by atoms with Crippen LogP contribution in [0.4, 0.5) is 18.9 Å². The Balaban J connectivity index is 1.54. The number of hydrogen-bond acceptors (Lipinski definition) is 3. The highest BCUT2D eigenvalue weighted by Crippen LogP contribution is 2.44. The van der Waals surface area contributed by atoms with Gasteiger partial charge in [0.15, 0.2) is 17.5 Å². The molecule has 0 spiro atoms. The third kappa shape index (κ3) is 2.75. The molecule has 2 N–H and O–H groups in total. The normalized spacial score (nSPS) is 21.0. The lowest BCUT2D eigenvalue weighted by Crippen LogP contribution is -2.64. The lowest BCUT2D eigenvalue weighted by Gasteiger charge is -2.46. The van der Waals surface area contributed by atoms with Gasteiger partial charge < -0.3 is 10.4 Å². The average Bonchev–Trinajstić information content (AvgIpc) is 3.22. The number of nitrogens with one attached hydrogen (secondary N) is 1. The molecular formula is C14H15F3N2O2. The fourth-order valence-corrected chi connectivity index (χ4v) is 2.73. The first-order chi connectivity index (χ1) is 9.89. The molecule has 0 atom stereocenters. The average molecular weight is 300 g/mol. The molecule has 1 aliphatic heterocycles. The molecule has 21 heavy (non-hydrogen) atoms. The number of β-amino-alcohol motifs (C(OH)–C–C–N with tert-alkyl or cyclic N) is 1. The van der Waals surface area contributed by atoms with Crippen LogP contribution in [-0.2, 0) is 4.79 Å². The van der Waals surface area contributed by atoms with E-state index in [4.69, 9.17) is 0 Å². The lowest BCUT2D eigenvalue weighted by atomic mass is 9.89. The van der Waals surface area contributed by atoms with Gasteiger partial charge in [0.05, 0.1) is 17.8 Å². The lowest BCUT2D eigenvalue weighted by molar-refractivity contribution is -0.132. The molecule has 0 bridgehead atoms. The number of halogens is 3. The summed E-state index contributed by atoms with van der Waals surface area (Å²) >= 11 is 0. The summed E-state index contributed by atoms with van der Waals surface area (Å²) in [4.78, 5) is 13.5. The largest absolute Gasteiger partial charge is 0.387 e. The van der Waals surface area contributed by atoms with Crippen molar-refractivity contribution >= 4 is 11.6 Å². The summed E-state index contributed by atoms with van der Waals surface area (Å²) in [7, 11) is 0. The number of carbonyl (C=O) groups is 1. The Bertz CT molecular complexity index is 584. The Hall–Kier alpha value is -1.60. The van der Waals surface area contributed by atoms with Crippen LogP contribution < -0.4 is 5.32 Å². The van der Waals surface area contributed by atoms with Gasteiger partial charge in [0.2, 0.25) is 5.91 Å². The molecule has 2 aliphatic rings. The molecule has 7 heteroatoms. The van der Waals surface area contributed by atoms with Crippen LogP contribution in [0, 0.1) is 23.4 Å². The first kappa shape index (κ1) is 14.3. The smallest absolute Gasteiger partial charge is 0.238 e. The molecule has 4 nitrogen and oxygen atoms in total. The zero-order valence-corrected chi connectivity index (χ0v) is 11.2. The van der Waals surface area contributed by atoms with E-state index in [1.807, 2.05) is 0 Å². The molecule has 114 valence electrons. The Morgan fingerprint density at radius 2 is 1.95 bits per heavy atom. The molecule has 0 unspecified atom stereocenters. The van der Waals surface area contributed by atoms with Crippen LogP contribution in [-0.4, -0.2) is 41.1 Å². The Morgan fingerprint density at radius 3 is 2.57 bits per heavy atom. The number of rotatable bonds is 4. The molecule has 2 fully saturated rings. The summed E-state index contributed by atoms with van der Waals surface area (Å²) in [6.07, 6.45) is 2.02. The van der Waals surface area contributed by atoms with Gasteiger partial charge in [-0.25, -0.2) is 13.2 Å². The van der Waals surface area contributed by atoms with E-state index in [2.05, 4.69) is 5.32 Å². The molecular weight excluding hydrogens is 285 g/mol. The third-order valence-corrected chi connectivity index (χ3v) is 4.01. The quantitative estimate of drug-likeness (QED) is 0.829. The van der Waals surface area contributed by atoms with Crippen molar-refractivity contribution in [2.24, 2.45) is 5.92 Å². The third-order valence-electron chi connectivity index (χ3n) is 4.01. The number of anilines is 1. The molecule has 1 saturated heterocycles. The minimum atomic E-state index is -1.61. The van der Waals surface area contributed by atoms with Crippen LogP contribution in [0.5, 0.6) is 0 Å². The summed E-state index contributed by atoms with van der Waals surface area (Å²) < 4.78 is 39.2. The predicted octanol–water partition coefficient (Wildman–Crippen LogP) is 1.50. The van der Waals surface area contributed by atoms with Gasteiger partial charge in [-0.15, -0.1) is 0 Å². The van der Waals surface area contributed by atoms with Gasteiger partial charge in [-0.1, -0.05) is 0 Å². The summed E-state index contributed by atoms with van der Waals surface area (Å²) in [6, 6.07) is 1.73. The highest BCUT2D eigenvalue weighted by atomic mass is 19.2. The SMILES string of the molecule is O=C(CN1CC(O)(C2CC2)C1)Nc1ccc(F)c(F)c1F. The summed E-state index contributed by atoms with van der Waals surface area (Å²) in [6.45, 7) is 0.796. The van der Waals surface area contributed by atoms with E-state index in [1.54, 1.807) is 4.90 Å². The highest BCUT2D eigenvalue weighted by Gasteiger charge is 2.51. The summed E-state index contributed by atoms with van der Waals surface area (Å²) in [5.41, 5.74) is -1.09. The molecule has 1 aliphatic carbocycles. The second-order valence-corrected chi connectivity index (χ2v) is 5.79. The van der Waals surface area contributed by atoms with Crippen molar-refractivity contribution in [1.29, 1.82) is 0 Å². The molecule has 0 radical (unpaired) electrons. The van der Waals surface area contributed by atoms with E-state index >= 15 is 0 Å². The van der Waals surface area contributed by atoms with Crippen molar-refractivity contribution in [2.45, 2.75) is 18.4 Å². The molecule has 1 heterocycles. The monoisotopic (exact) mass is 300 g/mol. The van der Waals surface area contributed by atoms with Gasteiger partial charge in [-0.2, -0.15) is 0 Å². The van der Waals surface area contributed by atoms with Crippen LogP contribution in [0.2, 0.25) is 0 Å². The second kappa shape index (κ2) is 4.99. The van der Waals surface area contributed by atoms with E-state index < -0.39 is 34.6 Å². The summed E-state index contributed by atoms with van der Waals surface area (Å²) in [5, 5.41) is 12.3. The topological polar surface area (TPSA) is 52.6 Å². The Morgan fingerprint density at radius 1 is 1.29 bits per heavy atom. The van der Waals surface area contributed by atoms with Crippen LogP contribution in [0.3, 0.4) is 0 Å². The fraction of sp³-hybridized carbons (Fsp3) is 0.500. The Labute approximate surface area is 119 Å². The van der Waals surface area contributed by atoms with E-state index in [0.717, 1.165) is 25.0 Å². The van der Waals surface area contributed by atoms with E-state index in [-0.39, 0.29) is 6.54 Å². The van der Waals surface area contributed by atoms with Gasteiger partial charge in [-0.05, 0) is 30.9 Å². The number of nitrogens with zero attached hydrogens (tertiary/aromatic N) is 1. The number of hydrogen-bond donors (Lipinski definition) is 2. The first-order valence-corrected chi connectivity index (χ1v) is 6.77. The van der Waals surface area contributed by atoms with Gasteiger partial charge in [0.25, 0.3) is 0 Å². The second-order valence-electron chi connectivity index (χ2n) is 5.79. The summed E-state index contributed by atoms with van der Waals surface area (Å²) in [5.74, 6) is -4.54. The number of benzene rings is 1. The minimum Gasteiger partial charge on any atom is -0.387 e. The van der Waals surface area contributed by atoms with Crippen LogP contribution in [0.1, 0.15) is 12.8 Å². The minimum absolute atomic E-state index is 0.0204. The maximum atomic E-state index is 13.4. The van der Waals surface area contributed by atoms with Crippen molar-refractivity contribution in [2.75, 3.05) is 25.0 Å². The zero-order chi connectivity index (χ0) is 15.2. The molecule has 0 aromatic heterocycles. The van der Waals surface area contributed by atoms with Gasteiger partial charge in [-0.3, -0.25) is 9.69 Å². The van der Waals surface area contributed by atoms with E-state index in [9.17, 15) is 23.1 Å². The molecule has 1 amide bonds. The van der Waals surface area contributed by atoms with Crippen LogP contribution in [0.25, 0.3) is 0 Å². The number of likely N-dealkylation sites (tertiary alicyclic amines) is 1. The molecule has 1 aromatic carbocycles. The maximum Gasteiger partial charge on any atom is 0.238 e. The van der Waals surface area contributed by atoms with Crippen molar-refractivity contribution in [3.8, 4) is 0 Å². The number of amides is 1. The van der Waals surface area contributed by atoms with Gasteiger partial charge in [0, 0.05) is 13.1 Å². The van der Waals surface area contributed by atoms with Crippen molar-refractivity contribution in [3.63, 3.8) is 0 Å². The standard InChI is InChI=1S/C14H15F3N2O2/c15-9-3-4-10(13(17)12(9)16)18-11(20)5-19-6-14(21,7-19)8-1-2-8/h3-4,8,21H,1-2,5-7H2,(H,18,20). The Kier molecular flexibility index (Phi) is 3.41. The highest BCUT2D eigenvalue weighted by molar-refractivity contribution is 5.92. The van der Waals surface area contributed by atoms with Gasteiger partial charge in [0.1, 0.15) is 0 Å². The van der Waals surface area contributed by atoms with Gasteiger partial charge >= 0.3 is 0 Å². The first-order valence-electron chi connectivity index (χ1n) is 6.77. The van der Waals surface area contributed by atoms with E-state index in [1.165, 1.54) is 0 Å². The van der Waals surface area contributed by atoms with E-state index in [0.29, 0.717) is 19.0 Å². The van der Waals surface area contributed by atoms with Crippen LogP contribution in [0.15, 0.2) is 12.1 Å². The fourth-order valence-electron chi connectivity index (χ4n) is 2.73. The van der Waals surface area contributed by atoms with Crippen molar-refractivity contribution in [1.82, 2.24) is 4.90 Å². The predicted molar refractivity (Wildman–Crippen MR) is 69.1 cm³/mol. The number of carbonyl (C=O) groups excluding carboxylic acids is 1. The van der Waals surface area contributed by atoms with Crippen molar-refractivity contribution in [3.05, 3.63) is 29.6 Å².